The zero-order valence-corrected chi connectivity index (χ0v) is 18.9. The largest absolute Gasteiger partial charge is 0.302 e. The van der Waals surface area contributed by atoms with Gasteiger partial charge in [0.05, 0.1) is 10.2 Å². The molecular formula is C23H19F2N3O3S2. The Morgan fingerprint density at radius 2 is 1.82 bits per heavy atom. The molecule has 1 N–H and O–H groups in total. The van der Waals surface area contributed by atoms with Gasteiger partial charge in [-0.15, -0.1) is 0 Å². The Kier molecular flexibility index (Phi) is 5.59. The number of nitrogens with zero attached hydrogens (tertiary/aromatic N) is 2. The zero-order valence-electron chi connectivity index (χ0n) is 17.3. The fourth-order valence-electron chi connectivity index (χ4n) is 4.10. The predicted octanol–water partition coefficient (Wildman–Crippen LogP) is 4.77. The first kappa shape index (κ1) is 21.9. The van der Waals surface area contributed by atoms with E-state index in [1.165, 1.54) is 11.3 Å². The summed E-state index contributed by atoms with van der Waals surface area (Å²) in [4.78, 5) is 16.8. The van der Waals surface area contributed by atoms with Gasteiger partial charge in [0.2, 0.25) is 15.9 Å². The van der Waals surface area contributed by atoms with Crippen LogP contribution in [0.1, 0.15) is 12.8 Å². The summed E-state index contributed by atoms with van der Waals surface area (Å²) in [5.74, 6) is -2.58. The molecule has 0 radical (unpaired) electrons. The minimum absolute atomic E-state index is 0.0711. The number of anilines is 1. The third-order valence-corrected chi connectivity index (χ3v) is 8.72. The number of fused-ring (bicyclic) bond motifs is 3. The maximum absolute atomic E-state index is 14.0. The number of thiazole rings is 1. The molecule has 1 aliphatic heterocycles. The number of halogens is 2. The molecule has 0 bridgehead atoms. The van der Waals surface area contributed by atoms with E-state index in [2.05, 4.69) is 10.3 Å². The fraction of sp³-hybridized carbons (Fsp3) is 0.217. The molecule has 0 atom stereocenters. The van der Waals surface area contributed by atoms with E-state index >= 15 is 0 Å². The number of hydrogen-bond acceptors (Lipinski definition) is 5. The molecule has 1 aliphatic rings. The van der Waals surface area contributed by atoms with Gasteiger partial charge in [0.15, 0.2) is 5.13 Å². The Labute approximate surface area is 192 Å². The van der Waals surface area contributed by atoms with Crippen LogP contribution in [0.2, 0.25) is 0 Å². The van der Waals surface area contributed by atoms with E-state index in [0.29, 0.717) is 24.0 Å². The van der Waals surface area contributed by atoms with Crippen LogP contribution in [-0.4, -0.2) is 36.7 Å². The lowest BCUT2D eigenvalue weighted by molar-refractivity contribution is -0.120. The fourth-order valence-corrected chi connectivity index (χ4v) is 6.50. The number of aromatic nitrogens is 1. The van der Waals surface area contributed by atoms with Crippen molar-refractivity contribution in [1.29, 1.82) is 0 Å². The average Bonchev–Trinajstić information content (AvgIpc) is 3.22. The summed E-state index contributed by atoms with van der Waals surface area (Å²) in [5.41, 5.74) is 0.829. The van der Waals surface area contributed by atoms with Gasteiger partial charge in [-0.3, -0.25) is 4.79 Å². The molecular weight excluding hydrogens is 468 g/mol. The van der Waals surface area contributed by atoms with Crippen LogP contribution in [0.4, 0.5) is 13.9 Å². The molecule has 3 aromatic carbocycles. The summed E-state index contributed by atoms with van der Waals surface area (Å²) in [5, 5.41) is 5.44. The average molecular weight is 488 g/mol. The van der Waals surface area contributed by atoms with Gasteiger partial charge in [-0.05, 0) is 36.4 Å². The monoisotopic (exact) mass is 487 g/mol. The second-order valence-electron chi connectivity index (χ2n) is 7.89. The van der Waals surface area contributed by atoms with Crippen LogP contribution < -0.4 is 5.32 Å². The lowest BCUT2D eigenvalue weighted by Gasteiger charge is -2.30. The maximum Gasteiger partial charge on any atom is 0.245 e. The molecule has 2 heterocycles. The minimum Gasteiger partial charge on any atom is -0.302 e. The topological polar surface area (TPSA) is 79.4 Å². The van der Waals surface area contributed by atoms with Gasteiger partial charge in [0, 0.05) is 30.5 Å². The van der Waals surface area contributed by atoms with Crippen molar-refractivity contribution in [2.24, 2.45) is 5.92 Å². The number of amides is 1. The lowest BCUT2D eigenvalue weighted by Crippen LogP contribution is -2.41. The predicted molar refractivity (Wildman–Crippen MR) is 124 cm³/mol. The van der Waals surface area contributed by atoms with Crippen molar-refractivity contribution in [3.8, 4) is 0 Å². The van der Waals surface area contributed by atoms with Crippen molar-refractivity contribution in [1.82, 2.24) is 9.29 Å². The second kappa shape index (κ2) is 8.44. The third-order valence-electron chi connectivity index (χ3n) is 5.85. The van der Waals surface area contributed by atoms with Gasteiger partial charge in [-0.2, -0.15) is 4.31 Å². The number of carbonyl (C=O) groups excluding carboxylic acids is 1. The van der Waals surface area contributed by atoms with Crippen LogP contribution in [-0.2, 0) is 14.8 Å². The zero-order chi connectivity index (χ0) is 23.2. The molecule has 0 aliphatic carbocycles. The molecule has 0 unspecified atom stereocenters. The van der Waals surface area contributed by atoms with Crippen molar-refractivity contribution >= 4 is 53.4 Å². The normalized spacial score (nSPS) is 15.8. The Bertz CT molecular complexity index is 1480. The quantitative estimate of drug-likeness (QED) is 0.450. The van der Waals surface area contributed by atoms with Crippen molar-refractivity contribution in [3.63, 3.8) is 0 Å². The highest BCUT2D eigenvalue weighted by Crippen LogP contribution is 2.33. The molecule has 10 heteroatoms. The van der Waals surface area contributed by atoms with Crippen molar-refractivity contribution < 1.29 is 22.0 Å². The van der Waals surface area contributed by atoms with E-state index in [-0.39, 0.29) is 19.0 Å². The minimum atomic E-state index is -4.11. The van der Waals surface area contributed by atoms with Gasteiger partial charge < -0.3 is 5.32 Å². The third kappa shape index (κ3) is 4.09. The van der Waals surface area contributed by atoms with Crippen LogP contribution in [0, 0.1) is 17.6 Å². The summed E-state index contributed by atoms with van der Waals surface area (Å²) in [7, 11) is -4.11. The highest BCUT2D eigenvalue weighted by molar-refractivity contribution is 7.89. The summed E-state index contributed by atoms with van der Waals surface area (Å²) in [6.45, 7) is 0.142. The summed E-state index contributed by atoms with van der Waals surface area (Å²) < 4.78 is 54.8. The molecule has 0 saturated carbocycles. The van der Waals surface area contributed by atoms with Crippen LogP contribution >= 0.6 is 11.3 Å². The first-order valence-corrected chi connectivity index (χ1v) is 12.6. The molecule has 4 aromatic rings. The van der Waals surface area contributed by atoms with Crippen molar-refractivity contribution in [3.05, 3.63) is 66.2 Å². The smallest absolute Gasteiger partial charge is 0.245 e. The molecule has 6 nitrogen and oxygen atoms in total. The summed E-state index contributed by atoms with van der Waals surface area (Å²) in [6, 6.07) is 14.3. The van der Waals surface area contributed by atoms with Crippen molar-refractivity contribution in [2.75, 3.05) is 18.4 Å². The molecule has 33 heavy (non-hydrogen) atoms. The van der Waals surface area contributed by atoms with Gasteiger partial charge in [0.1, 0.15) is 16.5 Å². The molecule has 1 saturated heterocycles. The Morgan fingerprint density at radius 1 is 1.06 bits per heavy atom. The highest BCUT2D eigenvalue weighted by Gasteiger charge is 2.34. The first-order valence-electron chi connectivity index (χ1n) is 10.4. The number of rotatable bonds is 4. The SMILES string of the molecule is O=C(Nc1nc2c(ccc3ccccc32)s1)C1CCN(S(=O)(=O)c2ccc(F)cc2F)CC1. The molecule has 1 fully saturated rings. The van der Waals surface area contributed by atoms with E-state index < -0.39 is 32.5 Å². The molecule has 1 aromatic heterocycles. The van der Waals surface area contributed by atoms with E-state index in [4.69, 9.17) is 0 Å². The lowest BCUT2D eigenvalue weighted by atomic mass is 9.97. The number of nitrogens with one attached hydrogen (secondary N) is 1. The molecule has 0 spiro atoms. The Hall–Kier alpha value is -2.95. The Balaban J connectivity index is 1.28. The van der Waals surface area contributed by atoms with Gasteiger partial charge >= 0.3 is 0 Å². The maximum atomic E-state index is 14.0. The van der Waals surface area contributed by atoms with Crippen molar-refractivity contribution in [2.45, 2.75) is 17.7 Å². The second-order valence-corrected chi connectivity index (χ2v) is 10.8. The highest BCUT2D eigenvalue weighted by atomic mass is 32.2. The number of hydrogen-bond donors (Lipinski definition) is 1. The summed E-state index contributed by atoms with van der Waals surface area (Å²) >= 11 is 1.39. The molecule has 170 valence electrons. The van der Waals surface area contributed by atoms with Crippen LogP contribution in [0.3, 0.4) is 0 Å². The van der Waals surface area contributed by atoms with Crippen LogP contribution in [0.5, 0.6) is 0 Å². The van der Waals surface area contributed by atoms with E-state index in [0.717, 1.165) is 37.4 Å². The molecule has 5 rings (SSSR count). The van der Waals surface area contributed by atoms with Gasteiger partial charge in [-0.25, -0.2) is 22.2 Å². The van der Waals surface area contributed by atoms with Gasteiger partial charge in [0.25, 0.3) is 0 Å². The van der Waals surface area contributed by atoms with E-state index in [1.807, 2.05) is 36.4 Å². The first-order chi connectivity index (χ1) is 15.8. The summed E-state index contributed by atoms with van der Waals surface area (Å²) in [6.07, 6.45) is 0.587. The van der Waals surface area contributed by atoms with Crippen LogP contribution in [0.25, 0.3) is 21.0 Å². The number of carbonyl (C=O) groups is 1. The van der Waals surface area contributed by atoms with Crippen LogP contribution in [0.15, 0.2) is 59.5 Å². The number of piperidine rings is 1. The van der Waals surface area contributed by atoms with Gasteiger partial charge in [-0.1, -0.05) is 41.7 Å². The number of benzene rings is 3. The van der Waals surface area contributed by atoms with E-state index in [1.54, 1.807) is 0 Å². The number of sulfonamides is 1. The molecule has 1 amide bonds. The van der Waals surface area contributed by atoms with E-state index in [9.17, 15) is 22.0 Å². The standard InChI is InChI=1S/C23H19F2N3O3S2/c24-16-6-8-20(18(25)13-16)33(30,31)28-11-9-15(10-12-28)22(29)27-23-26-21-17-4-2-1-3-14(17)5-7-19(21)32-23/h1-8,13,15H,9-12H2,(H,26,27,29). The Morgan fingerprint density at radius 3 is 2.58 bits per heavy atom.